The highest BCUT2D eigenvalue weighted by Crippen LogP contribution is 2.36. The first kappa shape index (κ1) is 19.2. The summed E-state index contributed by atoms with van der Waals surface area (Å²) in [5.74, 6) is 0.165. The average molecular weight is 409 g/mol. The second-order valence-corrected chi connectivity index (χ2v) is 8.30. The topological polar surface area (TPSA) is 70.1 Å². The zero-order valence-corrected chi connectivity index (χ0v) is 17.6. The molecule has 5 rings (SSSR count). The average Bonchev–Trinajstić information content (AvgIpc) is 3.43. The van der Waals surface area contributed by atoms with Crippen LogP contribution in [0.25, 0.3) is 22.0 Å². The monoisotopic (exact) mass is 408 g/mol. The van der Waals surface area contributed by atoms with Crippen molar-refractivity contribution in [1.29, 1.82) is 0 Å². The lowest BCUT2D eigenvalue weighted by atomic mass is 9.98. The number of aromatic nitrogens is 2. The Bertz CT molecular complexity index is 1290. The van der Waals surface area contributed by atoms with Crippen molar-refractivity contribution in [2.24, 2.45) is 5.10 Å². The summed E-state index contributed by atoms with van der Waals surface area (Å²) in [5, 5.41) is 13.8. The summed E-state index contributed by atoms with van der Waals surface area (Å²) < 4.78 is 0. The van der Waals surface area contributed by atoms with Crippen molar-refractivity contribution < 1.29 is 4.79 Å². The molecule has 4 aromatic rings. The number of rotatable bonds is 5. The minimum Gasteiger partial charge on any atom is -0.272 e. The van der Waals surface area contributed by atoms with E-state index in [4.69, 9.17) is 0 Å². The number of hydrogen-bond acceptors (Lipinski definition) is 3. The van der Waals surface area contributed by atoms with Gasteiger partial charge in [0.2, 0.25) is 0 Å². The highest BCUT2D eigenvalue weighted by molar-refractivity contribution is 6.02. The van der Waals surface area contributed by atoms with Gasteiger partial charge in [-0.2, -0.15) is 10.2 Å². The largest absolute Gasteiger partial charge is 0.289 e. The molecule has 0 saturated heterocycles. The first-order valence-corrected chi connectivity index (χ1v) is 10.6. The third-order valence-electron chi connectivity index (χ3n) is 5.96. The summed E-state index contributed by atoms with van der Waals surface area (Å²) in [4.78, 5) is 12.5. The Morgan fingerprint density at radius 1 is 1.06 bits per heavy atom. The summed E-state index contributed by atoms with van der Waals surface area (Å²) in [7, 11) is 0. The lowest BCUT2D eigenvalue weighted by Crippen LogP contribution is -2.18. The number of H-pyrrole nitrogens is 1. The van der Waals surface area contributed by atoms with Crippen LogP contribution in [0.3, 0.4) is 0 Å². The number of nitrogens with zero attached hydrogens (tertiary/aromatic N) is 2. The molecular weight excluding hydrogens is 384 g/mol. The van der Waals surface area contributed by atoms with E-state index in [-0.39, 0.29) is 5.91 Å². The van der Waals surface area contributed by atoms with Crippen molar-refractivity contribution in [1.82, 2.24) is 15.6 Å². The van der Waals surface area contributed by atoms with Gasteiger partial charge in [0, 0.05) is 5.56 Å². The van der Waals surface area contributed by atoms with Crippen LogP contribution >= 0.6 is 0 Å². The maximum absolute atomic E-state index is 12.5. The molecule has 1 aliphatic rings. The number of aromatic amines is 1. The molecule has 1 heterocycles. The quantitative estimate of drug-likeness (QED) is 0.351. The van der Waals surface area contributed by atoms with E-state index in [2.05, 4.69) is 77.0 Å². The van der Waals surface area contributed by atoms with Crippen molar-refractivity contribution in [3.8, 4) is 11.3 Å². The van der Waals surface area contributed by atoms with Crippen LogP contribution in [0, 0.1) is 0 Å². The second kappa shape index (κ2) is 7.84. The van der Waals surface area contributed by atoms with Crippen molar-refractivity contribution in [3.63, 3.8) is 0 Å². The third-order valence-corrected chi connectivity index (χ3v) is 5.96. The fourth-order valence-electron chi connectivity index (χ4n) is 4.24. The fourth-order valence-corrected chi connectivity index (χ4v) is 4.24. The predicted molar refractivity (Wildman–Crippen MR) is 125 cm³/mol. The molecule has 5 nitrogen and oxygen atoms in total. The molecule has 0 bridgehead atoms. The Hall–Kier alpha value is -3.73. The normalized spacial score (nSPS) is 12.9. The molecule has 0 radical (unpaired) electrons. The van der Waals surface area contributed by atoms with Crippen LogP contribution in [0.5, 0.6) is 0 Å². The SMILES string of the molecule is CC(C)c1ccc(/C=N/NC(=O)c2cc(-c3ccc4c5c(cccc35)CC4)n[nH]2)cc1. The highest BCUT2D eigenvalue weighted by Gasteiger charge is 2.18. The summed E-state index contributed by atoms with van der Waals surface area (Å²) in [6.45, 7) is 4.32. The Morgan fingerprint density at radius 2 is 1.84 bits per heavy atom. The van der Waals surface area contributed by atoms with Crippen LogP contribution in [0.1, 0.15) is 52.5 Å². The molecule has 0 aliphatic heterocycles. The van der Waals surface area contributed by atoms with E-state index >= 15 is 0 Å². The molecule has 1 amide bonds. The first-order chi connectivity index (χ1) is 15.1. The molecule has 1 aliphatic carbocycles. The van der Waals surface area contributed by atoms with E-state index in [1.807, 2.05) is 12.1 Å². The van der Waals surface area contributed by atoms with Crippen LogP contribution in [0.15, 0.2) is 65.8 Å². The number of nitrogens with one attached hydrogen (secondary N) is 2. The summed E-state index contributed by atoms with van der Waals surface area (Å²) >= 11 is 0. The van der Waals surface area contributed by atoms with E-state index in [1.165, 1.54) is 27.5 Å². The van der Waals surface area contributed by atoms with Crippen molar-refractivity contribution in [3.05, 3.63) is 88.6 Å². The summed E-state index contributed by atoms with van der Waals surface area (Å²) in [6, 6.07) is 20.6. The molecule has 2 N–H and O–H groups in total. The Morgan fingerprint density at radius 3 is 2.61 bits per heavy atom. The maximum Gasteiger partial charge on any atom is 0.289 e. The van der Waals surface area contributed by atoms with Gasteiger partial charge < -0.3 is 0 Å². The Labute approximate surface area is 181 Å². The van der Waals surface area contributed by atoms with Gasteiger partial charge in [0.05, 0.1) is 11.9 Å². The number of amides is 1. The maximum atomic E-state index is 12.5. The predicted octanol–water partition coefficient (Wildman–Crippen LogP) is 5.22. The number of carbonyl (C=O) groups excluding carboxylic acids is 1. The van der Waals surface area contributed by atoms with Gasteiger partial charge >= 0.3 is 0 Å². The highest BCUT2D eigenvalue weighted by atomic mass is 16.2. The van der Waals surface area contributed by atoms with Crippen LogP contribution in [0.4, 0.5) is 0 Å². The first-order valence-electron chi connectivity index (χ1n) is 10.6. The van der Waals surface area contributed by atoms with E-state index in [9.17, 15) is 4.79 Å². The van der Waals surface area contributed by atoms with E-state index in [1.54, 1.807) is 12.3 Å². The van der Waals surface area contributed by atoms with Crippen LogP contribution in [0.2, 0.25) is 0 Å². The summed E-state index contributed by atoms with van der Waals surface area (Å²) in [5.41, 5.74) is 9.73. The zero-order valence-electron chi connectivity index (χ0n) is 17.6. The number of hydrogen-bond donors (Lipinski definition) is 2. The molecule has 0 atom stereocenters. The van der Waals surface area contributed by atoms with Crippen LogP contribution < -0.4 is 5.43 Å². The molecule has 3 aromatic carbocycles. The molecule has 0 saturated carbocycles. The molecule has 154 valence electrons. The van der Waals surface area contributed by atoms with Crippen molar-refractivity contribution in [2.75, 3.05) is 0 Å². The molecule has 0 spiro atoms. The molecular formula is C26H24N4O. The molecule has 0 unspecified atom stereocenters. The minimum atomic E-state index is -0.320. The molecule has 5 heteroatoms. The standard InChI is InChI=1S/C26H24N4O/c1-16(2)18-8-6-17(7-9-18)15-27-30-26(31)24-14-23(28-29-24)21-13-12-20-11-10-19-4-3-5-22(21)25(19)20/h3-9,12-16H,10-11H2,1-2H3,(H,28,29)(H,30,31)/b27-15+. The lowest BCUT2D eigenvalue weighted by Gasteiger charge is -2.06. The van der Waals surface area contributed by atoms with Crippen molar-refractivity contribution >= 4 is 22.9 Å². The van der Waals surface area contributed by atoms with Gasteiger partial charge in [-0.1, -0.05) is 68.4 Å². The van der Waals surface area contributed by atoms with E-state index < -0.39 is 0 Å². The fraction of sp³-hybridized carbons (Fsp3) is 0.192. The number of aryl methyl sites for hydroxylation is 2. The van der Waals surface area contributed by atoms with Crippen LogP contribution in [-0.4, -0.2) is 22.3 Å². The number of benzene rings is 3. The van der Waals surface area contributed by atoms with Crippen molar-refractivity contribution in [2.45, 2.75) is 32.6 Å². The van der Waals surface area contributed by atoms with Gasteiger partial charge in [-0.3, -0.25) is 9.89 Å². The number of hydrazone groups is 1. The van der Waals surface area contributed by atoms with Gasteiger partial charge in [-0.15, -0.1) is 0 Å². The summed E-state index contributed by atoms with van der Waals surface area (Å²) in [6.07, 6.45) is 3.81. The van der Waals surface area contributed by atoms with Gasteiger partial charge in [-0.25, -0.2) is 5.43 Å². The minimum absolute atomic E-state index is 0.320. The van der Waals surface area contributed by atoms with Gasteiger partial charge in [-0.05, 0) is 57.9 Å². The second-order valence-electron chi connectivity index (χ2n) is 8.30. The molecule has 1 aromatic heterocycles. The smallest absolute Gasteiger partial charge is 0.272 e. The van der Waals surface area contributed by atoms with E-state index in [0.29, 0.717) is 11.6 Å². The van der Waals surface area contributed by atoms with Gasteiger partial charge in [0.25, 0.3) is 5.91 Å². The lowest BCUT2D eigenvalue weighted by molar-refractivity contribution is 0.0950. The Balaban J connectivity index is 1.33. The molecule has 31 heavy (non-hydrogen) atoms. The Kier molecular flexibility index (Phi) is 4.86. The zero-order chi connectivity index (χ0) is 21.4. The van der Waals surface area contributed by atoms with E-state index in [0.717, 1.165) is 29.7 Å². The van der Waals surface area contributed by atoms with Gasteiger partial charge in [0.1, 0.15) is 5.69 Å². The van der Waals surface area contributed by atoms with Gasteiger partial charge in [0.15, 0.2) is 0 Å². The third kappa shape index (κ3) is 3.63. The molecule has 0 fully saturated rings. The number of carbonyl (C=O) groups is 1. The van der Waals surface area contributed by atoms with Crippen LogP contribution in [-0.2, 0) is 12.8 Å².